The smallest absolute Gasteiger partial charge is 0.222 e. The minimum absolute atomic E-state index is 0.260. The molecule has 0 spiro atoms. The highest BCUT2D eigenvalue weighted by atomic mass is 16.5. The summed E-state index contributed by atoms with van der Waals surface area (Å²) in [6.07, 6.45) is 0. The topological polar surface area (TPSA) is 73.1 Å². The second kappa shape index (κ2) is 5.66. The molecule has 0 aliphatic carbocycles. The molecule has 0 saturated heterocycles. The average molecular weight is 280 g/mol. The lowest BCUT2D eigenvalue weighted by Gasteiger charge is -2.11. The van der Waals surface area contributed by atoms with E-state index in [1.54, 1.807) is 7.11 Å². The van der Waals surface area contributed by atoms with Gasteiger partial charge in [0.25, 0.3) is 0 Å². The number of fused-ring (bicyclic) bond motifs is 1. The van der Waals surface area contributed by atoms with Gasteiger partial charge in [-0.2, -0.15) is 4.98 Å². The summed E-state index contributed by atoms with van der Waals surface area (Å²) in [5.74, 6) is 1.83. The van der Waals surface area contributed by atoms with Gasteiger partial charge in [0.05, 0.1) is 12.6 Å². The van der Waals surface area contributed by atoms with Crippen LogP contribution < -0.4 is 15.8 Å². The number of rotatable bonds is 4. The van der Waals surface area contributed by atoms with Gasteiger partial charge in [-0.15, -0.1) is 0 Å². The molecule has 21 heavy (non-hydrogen) atoms. The van der Waals surface area contributed by atoms with Crippen molar-refractivity contribution in [3.05, 3.63) is 54.1 Å². The Kier molecular flexibility index (Phi) is 3.55. The third-order valence-electron chi connectivity index (χ3n) is 3.26. The summed E-state index contributed by atoms with van der Waals surface area (Å²) in [6.45, 7) is 0.602. The Labute approximate surface area is 122 Å². The summed E-state index contributed by atoms with van der Waals surface area (Å²) in [5.41, 5.74) is 7.65. The highest BCUT2D eigenvalue weighted by Crippen LogP contribution is 2.23. The molecule has 0 aliphatic heterocycles. The molecule has 5 heteroatoms. The maximum atomic E-state index is 5.76. The van der Waals surface area contributed by atoms with Gasteiger partial charge in [-0.3, -0.25) is 0 Å². The first-order chi connectivity index (χ1) is 10.3. The van der Waals surface area contributed by atoms with E-state index < -0.39 is 0 Å². The number of hydrogen-bond acceptors (Lipinski definition) is 5. The highest BCUT2D eigenvalue weighted by molar-refractivity contribution is 5.89. The molecule has 1 heterocycles. The molecule has 1 aromatic heterocycles. The van der Waals surface area contributed by atoms with Crippen LogP contribution in [0, 0.1) is 0 Å². The van der Waals surface area contributed by atoms with Crippen molar-refractivity contribution in [1.82, 2.24) is 9.97 Å². The third-order valence-corrected chi connectivity index (χ3v) is 3.26. The molecule has 0 bridgehead atoms. The molecule has 5 nitrogen and oxygen atoms in total. The molecule has 2 aromatic carbocycles. The van der Waals surface area contributed by atoms with Crippen LogP contribution in [0.1, 0.15) is 5.56 Å². The predicted molar refractivity (Wildman–Crippen MR) is 84.3 cm³/mol. The fourth-order valence-electron chi connectivity index (χ4n) is 2.26. The number of nitrogens with one attached hydrogen (secondary N) is 1. The molecule has 0 atom stereocenters. The van der Waals surface area contributed by atoms with Gasteiger partial charge in [0.1, 0.15) is 11.6 Å². The zero-order chi connectivity index (χ0) is 14.7. The highest BCUT2D eigenvalue weighted by Gasteiger charge is 2.07. The summed E-state index contributed by atoms with van der Waals surface area (Å²) >= 11 is 0. The quantitative estimate of drug-likeness (QED) is 0.768. The molecular formula is C16H16N4O. The van der Waals surface area contributed by atoms with E-state index in [-0.39, 0.29) is 5.95 Å². The van der Waals surface area contributed by atoms with Crippen LogP contribution in [0.5, 0.6) is 5.75 Å². The van der Waals surface area contributed by atoms with Crippen LogP contribution in [0.15, 0.2) is 48.5 Å². The standard InChI is InChI=1S/C16H16N4O/c1-21-14-9-5-2-6-11(14)10-18-15-12-7-3-4-8-13(12)19-16(17)20-15/h2-9H,10H2,1H3,(H3,17,18,19,20). The molecule has 3 aromatic rings. The largest absolute Gasteiger partial charge is 0.496 e. The van der Waals surface area contributed by atoms with E-state index in [2.05, 4.69) is 15.3 Å². The Morgan fingerprint density at radius 1 is 1.05 bits per heavy atom. The van der Waals surface area contributed by atoms with Crippen LogP contribution in [-0.4, -0.2) is 17.1 Å². The molecule has 106 valence electrons. The van der Waals surface area contributed by atoms with Crippen molar-refractivity contribution in [2.45, 2.75) is 6.54 Å². The van der Waals surface area contributed by atoms with Gasteiger partial charge in [0, 0.05) is 17.5 Å². The second-order valence-electron chi connectivity index (χ2n) is 4.61. The van der Waals surface area contributed by atoms with Crippen LogP contribution in [0.4, 0.5) is 11.8 Å². The normalized spacial score (nSPS) is 10.5. The van der Waals surface area contributed by atoms with E-state index >= 15 is 0 Å². The zero-order valence-corrected chi connectivity index (χ0v) is 11.7. The number of nitrogen functional groups attached to an aromatic ring is 1. The number of para-hydroxylation sites is 2. The van der Waals surface area contributed by atoms with Crippen molar-refractivity contribution >= 4 is 22.7 Å². The number of aromatic nitrogens is 2. The van der Waals surface area contributed by atoms with E-state index in [4.69, 9.17) is 10.5 Å². The maximum Gasteiger partial charge on any atom is 0.222 e. The number of nitrogens with zero attached hydrogens (tertiary/aromatic N) is 2. The lowest BCUT2D eigenvalue weighted by molar-refractivity contribution is 0.410. The van der Waals surface area contributed by atoms with Gasteiger partial charge in [-0.05, 0) is 18.2 Å². The van der Waals surface area contributed by atoms with Crippen LogP contribution in [0.3, 0.4) is 0 Å². The van der Waals surface area contributed by atoms with Gasteiger partial charge < -0.3 is 15.8 Å². The van der Waals surface area contributed by atoms with Crippen molar-refractivity contribution < 1.29 is 4.74 Å². The number of methoxy groups -OCH3 is 1. The van der Waals surface area contributed by atoms with Gasteiger partial charge in [0.15, 0.2) is 0 Å². The number of anilines is 2. The zero-order valence-electron chi connectivity index (χ0n) is 11.7. The van der Waals surface area contributed by atoms with E-state index in [1.807, 2.05) is 48.5 Å². The van der Waals surface area contributed by atoms with Crippen LogP contribution in [0.2, 0.25) is 0 Å². The van der Waals surface area contributed by atoms with Crippen molar-refractivity contribution in [2.24, 2.45) is 0 Å². The fraction of sp³-hybridized carbons (Fsp3) is 0.125. The molecule has 3 rings (SSSR count). The van der Waals surface area contributed by atoms with Gasteiger partial charge in [-0.25, -0.2) is 4.98 Å². The first-order valence-corrected chi connectivity index (χ1v) is 6.66. The maximum absolute atomic E-state index is 5.76. The molecule has 0 fully saturated rings. The average Bonchev–Trinajstić information content (AvgIpc) is 2.52. The van der Waals surface area contributed by atoms with Crippen molar-refractivity contribution in [1.29, 1.82) is 0 Å². The molecule has 0 unspecified atom stereocenters. The van der Waals surface area contributed by atoms with Crippen LogP contribution in [0.25, 0.3) is 10.9 Å². The Balaban J connectivity index is 1.92. The minimum atomic E-state index is 0.260. The van der Waals surface area contributed by atoms with Crippen molar-refractivity contribution in [3.63, 3.8) is 0 Å². The Morgan fingerprint density at radius 3 is 2.67 bits per heavy atom. The molecule has 0 saturated carbocycles. The molecule has 0 aliphatic rings. The van der Waals surface area contributed by atoms with Crippen LogP contribution in [-0.2, 0) is 6.54 Å². The first kappa shape index (κ1) is 13.2. The van der Waals surface area contributed by atoms with Gasteiger partial charge in [-0.1, -0.05) is 30.3 Å². The monoisotopic (exact) mass is 280 g/mol. The van der Waals surface area contributed by atoms with Crippen LogP contribution >= 0.6 is 0 Å². The first-order valence-electron chi connectivity index (χ1n) is 6.66. The molecule has 3 N–H and O–H groups in total. The summed E-state index contributed by atoms with van der Waals surface area (Å²) < 4.78 is 5.35. The molecule has 0 amide bonds. The second-order valence-corrected chi connectivity index (χ2v) is 4.61. The molecular weight excluding hydrogens is 264 g/mol. The Morgan fingerprint density at radius 2 is 1.81 bits per heavy atom. The van der Waals surface area contributed by atoms with E-state index in [9.17, 15) is 0 Å². The Hall–Kier alpha value is -2.82. The number of benzene rings is 2. The summed E-state index contributed by atoms with van der Waals surface area (Å²) in [5, 5.41) is 4.25. The minimum Gasteiger partial charge on any atom is -0.496 e. The predicted octanol–water partition coefficient (Wildman–Crippen LogP) is 2.83. The van der Waals surface area contributed by atoms with Gasteiger partial charge in [0.2, 0.25) is 5.95 Å². The fourth-order valence-corrected chi connectivity index (χ4v) is 2.26. The Bertz CT molecular complexity index is 773. The number of hydrogen-bond donors (Lipinski definition) is 2. The summed E-state index contributed by atoms with van der Waals surface area (Å²) in [6, 6.07) is 15.6. The van der Waals surface area contributed by atoms with E-state index in [0.29, 0.717) is 6.54 Å². The third kappa shape index (κ3) is 2.72. The lowest BCUT2D eigenvalue weighted by atomic mass is 10.2. The number of nitrogens with two attached hydrogens (primary N) is 1. The van der Waals surface area contributed by atoms with Crippen molar-refractivity contribution in [3.8, 4) is 5.75 Å². The molecule has 0 radical (unpaired) electrons. The van der Waals surface area contributed by atoms with E-state index in [1.165, 1.54) is 0 Å². The SMILES string of the molecule is COc1ccccc1CNc1nc(N)nc2ccccc12. The van der Waals surface area contributed by atoms with E-state index in [0.717, 1.165) is 28.0 Å². The summed E-state index contributed by atoms with van der Waals surface area (Å²) in [4.78, 5) is 8.51. The lowest BCUT2D eigenvalue weighted by Crippen LogP contribution is -2.06. The van der Waals surface area contributed by atoms with Gasteiger partial charge >= 0.3 is 0 Å². The summed E-state index contributed by atoms with van der Waals surface area (Å²) in [7, 11) is 1.66. The van der Waals surface area contributed by atoms with Crippen molar-refractivity contribution in [2.75, 3.05) is 18.2 Å². The number of ether oxygens (including phenoxy) is 1.